The summed E-state index contributed by atoms with van der Waals surface area (Å²) in [4.78, 5) is 12.7. The van der Waals surface area contributed by atoms with Crippen LogP contribution in [-0.4, -0.2) is 66.2 Å². The van der Waals surface area contributed by atoms with Gasteiger partial charge in [-0.2, -0.15) is 0 Å². The molecule has 5 atom stereocenters. The van der Waals surface area contributed by atoms with Crippen LogP contribution in [-0.2, 0) is 4.74 Å². The van der Waals surface area contributed by atoms with Crippen LogP contribution in [0.3, 0.4) is 0 Å². The highest BCUT2D eigenvalue weighted by atomic mass is 16.6. The van der Waals surface area contributed by atoms with Gasteiger partial charge in [0.2, 0.25) is 0 Å². The van der Waals surface area contributed by atoms with E-state index in [9.17, 15) is 10.2 Å². The van der Waals surface area contributed by atoms with Crippen LogP contribution < -0.4 is 5.32 Å². The van der Waals surface area contributed by atoms with E-state index in [4.69, 9.17) is 4.74 Å². The summed E-state index contributed by atoms with van der Waals surface area (Å²) in [5.74, 6) is 0. The Kier molecular flexibility index (Phi) is 3.21. The molecule has 1 saturated heterocycles. The van der Waals surface area contributed by atoms with Crippen LogP contribution >= 0.6 is 0 Å². The standard InChI is InChI=1S/C15H21N5O3/c1-7(2)16-4-9-12(21)15(22)11(13(15)23-9)20-6-19-10-8(3)17-5-18-14(10)20/h5-7,9,11-13,16,21-22H,4H2,1-3H3/t9?,11?,12-,13+,15-/m1/s1. The molecule has 1 saturated carbocycles. The Morgan fingerprint density at radius 2 is 2.17 bits per heavy atom. The van der Waals surface area contributed by atoms with Gasteiger partial charge in [-0.15, -0.1) is 0 Å². The van der Waals surface area contributed by atoms with Crippen molar-refractivity contribution in [1.29, 1.82) is 0 Å². The Hall–Kier alpha value is -1.61. The molecule has 0 aromatic carbocycles. The largest absolute Gasteiger partial charge is 0.387 e. The molecule has 8 heteroatoms. The molecule has 2 fully saturated rings. The number of aliphatic hydroxyl groups excluding tert-OH is 1. The Morgan fingerprint density at radius 1 is 1.39 bits per heavy atom. The molecule has 1 aliphatic carbocycles. The van der Waals surface area contributed by atoms with Gasteiger partial charge >= 0.3 is 0 Å². The van der Waals surface area contributed by atoms with Crippen LogP contribution in [0.15, 0.2) is 12.7 Å². The van der Waals surface area contributed by atoms with Crippen molar-refractivity contribution >= 4 is 11.2 Å². The van der Waals surface area contributed by atoms with Gasteiger partial charge < -0.3 is 24.8 Å². The first-order valence-electron chi connectivity index (χ1n) is 7.88. The van der Waals surface area contributed by atoms with Crippen LogP contribution in [0, 0.1) is 6.92 Å². The monoisotopic (exact) mass is 319 g/mol. The third kappa shape index (κ3) is 2.02. The SMILES string of the molecule is Cc1ncnc2c1ncn2C1[C@@H]2OC(CNC(C)C)[C@@H](O)[C@]12O. The predicted molar refractivity (Wildman–Crippen MR) is 81.9 cm³/mol. The summed E-state index contributed by atoms with van der Waals surface area (Å²) >= 11 is 0. The Bertz CT molecular complexity index is 748. The van der Waals surface area contributed by atoms with Gasteiger partial charge in [0, 0.05) is 12.6 Å². The van der Waals surface area contributed by atoms with Crippen molar-refractivity contribution in [2.45, 2.75) is 56.8 Å². The maximum Gasteiger partial charge on any atom is 0.163 e. The van der Waals surface area contributed by atoms with Crippen molar-refractivity contribution in [3.63, 3.8) is 0 Å². The topological polar surface area (TPSA) is 105 Å². The number of rotatable bonds is 4. The first kappa shape index (κ1) is 14.9. The van der Waals surface area contributed by atoms with Crippen molar-refractivity contribution in [3.8, 4) is 0 Å². The molecule has 2 aromatic heterocycles. The third-order valence-electron chi connectivity index (χ3n) is 4.82. The van der Waals surface area contributed by atoms with E-state index in [1.807, 2.05) is 20.8 Å². The van der Waals surface area contributed by atoms with Crippen molar-refractivity contribution in [3.05, 3.63) is 18.3 Å². The van der Waals surface area contributed by atoms with Crippen LogP contribution in [0.4, 0.5) is 0 Å². The van der Waals surface area contributed by atoms with E-state index in [-0.39, 0.29) is 6.04 Å². The summed E-state index contributed by atoms with van der Waals surface area (Å²) in [6.45, 7) is 6.43. The highest BCUT2D eigenvalue weighted by molar-refractivity contribution is 5.73. The number of hydrogen-bond donors (Lipinski definition) is 3. The molecular weight excluding hydrogens is 298 g/mol. The summed E-state index contributed by atoms with van der Waals surface area (Å²) in [5, 5.41) is 24.6. The summed E-state index contributed by atoms with van der Waals surface area (Å²) < 4.78 is 7.64. The van der Waals surface area contributed by atoms with E-state index >= 15 is 0 Å². The molecule has 0 amide bonds. The summed E-state index contributed by atoms with van der Waals surface area (Å²) in [6, 6.07) is -0.0717. The van der Waals surface area contributed by atoms with Crippen LogP contribution in [0.5, 0.6) is 0 Å². The van der Waals surface area contributed by atoms with Gasteiger partial charge in [0.1, 0.15) is 29.7 Å². The molecule has 23 heavy (non-hydrogen) atoms. The third-order valence-corrected chi connectivity index (χ3v) is 4.82. The minimum atomic E-state index is -1.28. The second kappa shape index (κ2) is 4.94. The molecule has 2 aromatic rings. The molecule has 1 aliphatic heterocycles. The smallest absolute Gasteiger partial charge is 0.163 e. The fourth-order valence-corrected chi connectivity index (χ4v) is 3.48. The van der Waals surface area contributed by atoms with Crippen molar-refractivity contribution in [1.82, 2.24) is 24.8 Å². The average molecular weight is 319 g/mol. The van der Waals surface area contributed by atoms with E-state index in [0.717, 1.165) is 5.69 Å². The quantitative estimate of drug-likeness (QED) is 0.701. The molecule has 4 rings (SSSR count). The lowest BCUT2D eigenvalue weighted by atomic mass is 10.1. The number of nitrogens with one attached hydrogen (secondary N) is 1. The maximum absolute atomic E-state index is 10.8. The number of fused-ring (bicyclic) bond motifs is 2. The zero-order valence-corrected chi connectivity index (χ0v) is 13.3. The van der Waals surface area contributed by atoms with E-state index in [2.05, 4.69) is 20.3 Å². The van der Waals surface area contributed by atoms with Crippen LogP contribution in [0.1, 0.15) is 25.6 Å². The van der Waals surface area contributed by atoms with Crippen LogP contribution in [0.25, 0.3) is 11.2 Å². The first-order valence-corrected chi connectivity index (χ1v) is 7.88. The molecule has 0 bridgehead atoms. The number of ether oxygens (including phenoxy) is 1. The van der Waals surface area contributed by atoms with Gasteiger partial charge in [-0.25, -0.2) is 15.0 Å². The average Bonchev–Trinajstić information content (AvgIpc) is 2.82. The number of nitrogens with zero attached hydrogens (tertiary/aromatic N) is 4. The fourth-order valence-electron chi connectivity index (χ4n) is 3.48. The minimum Gasteiger partial charge on any atom is -0.387 e. The fraction of sp³-hybridized carbons (Fsp3) is 0.667. The summed E-state index contributed by atoms with van der Waals surface area (Å²) in [6.07, 6.45) is 1.32. The zero-order valence-electron chi connectivity index (χ0n) is 13.3. The predicted octanol–water partition coefficient (Wildman–Crippen LogP) is -0.453. The van der Waals surface area contributed by atoms with E-state index in [1.54, 1.807) is 10.9 Å². The van der Waals surface area contributed by atoms with Crippen molar-refractivity contribution in [2.24, 2.45) is 0 Å². The van der Waals surface area contributed by atoms with Crippen molar-refractivity contribution < 1.29 is 14.9 Å². The van der Waals surface area contributed by atoms with Gasteiger partial charge in [-0.05, 0) is 6.92 Å². The number of hydrogen-bond acceptors (Lipinski definition) is 7. The highest BCUT2D eigenvalue weighted by Crippen LogP contribution is 2.59. The second-order valence-corrected chi connectivity index (χ2v) is 6.72. The summed E-state index contributed by atoms with van der Waals surface area (Å²) in [5.41, 5.74) is 0.856. The number of aliphatic hydroxyl groups is 2. The van der Waals surface area contributed by atoms with Gasteiger partial charge in [-0.1, -0.05) is 13.8 Å². The van der Waals surface area contributed by atoms with Gasteiger partial charge in [0.15, 0.2) is 5.65 Å². The number of imidazole rings is 1. The molecule has 0 radical (unpaired) electrons. The normalized spacial score (nSPS) is 35.9. The zero-order chi connectivity index (χ0) is 16.4. The molecule has 3 heterocycles. The Morgan fingerprint density at radius 3 is 2.83 bits per heavy atom. The highest BCUT2D eigenvalue weighted by Gasteiger charge is 2.77. The van der Waals surface area contributed by atoms with Gasteiger partial charge in [0.25, 0.3) is 0 Å². The molecular formula is C15H21N5O3. The molecule has 0 spiro atoms. The molecule has 2 aliphatic rings. The lowest BCUT2D eigenvalue weighted by molar-refractivity contribution is -0.0412. The number of aryl methyl sites for hydroxylation is 1. The molecule has 2 unspecified atom stereocenters. The van der Waals surface area contributed by atoms with Crippen LogP contribution in [0.2, 0.25) is 0 Å². The van der Waals surface area contributed by atoms with Gasteiger partial charge in [-0.3, -0.25) is 0 Å². The first-order chi connectivity index (χ1) is 10.9. The number of aromatic nitrogens is 4. The second-order valence-electron chi connectivity index (χ2n) is 6.72. The molecule has 3 N–H and O–H groups in total. The summed E-state index contributed by atoms with van der Waals surface area (Å²) in [7, 11) is 0. The van der Waals surface area contributed by atoms with E-state index in [0.29, 0.717) is 23.8 Å². The molecule has 124 valence electrons. The Balaban J connectivity index is 1.58. The lowest BCUT2D eigenvalue weighted by Gasteiger charge is -2.24. The van der Waals surface area contributed by atoms with E-state index in [1.165, 1.54) is 6.33 Å². The van der Waals surface area contributed by atoms with Crippen molar-refractivity contribution in [2.75, 3.05) is 6.54 Å². The Labute approximate surface area is 133 Å². The van der Waals surface area contributed by atoms with E-state index < -0.39 is 23.9 Å². The minimum absolute atomic E-state index is 0.297. The molecule has 8 nitrogen and oxygen atoms in total. The lowest BCUT2D eigenvalue weighted by Crippen LogP contribution is -2.44. The van der Waals surface area contributed by atoms with Gasteiger partial charge in [0.05, 0.1) is 24.2 Å². The maximum atomic E-state index is 10.8.